The van der Waals surface area contributed by atoms with Gasteiger partial charge < -0.3 is 4.74 Å². The summed E-state index contributed by atoms with van der Waals surface area (Å²) < 4.78 is 5.28. The Morgan fingerprint density at radius 2 is 1.69 bits per heavy atom. The van der Waals surface area contributed by atoms with Gasteiger partial charge >= 0.3 is 5.97 Å². The Labute approximate surface area is 196 Å². The summed E-state index contributed by atoms with van der Waals surface area (Å²) in [5.74, 6) is -1.75. The van der Waals surface area contributed by atoms with Crippen LogP contribution in [0.1, 0.15) is 29.8 Å². The standard InChI is InChI=1S/C25H21NO4S2/c1-3-30-24(29)20(22(27)19-12-8-5-9-13-19)16-26-23(28)21(32-25(26)31)15-17(2)14-18-10-6-4-7-11-18/h4-16H,3H2,1-2H3/b17-14-,20-16+,21-15-. The van der Waals surface area contributed by atoms with E-state index in [1.165, 1.54) is 6.20 Å². The van der Waals surface area contributed by atoms with Crippen LogP contribution in [0.15, 0.2) is 89.0 Å². The molecule has 0 atom stereocenters. The largest absolute Gasteiger partial charge is 0.462 e. The van der Waals surface area contributed by atoms with Crippen LogP contribution >= 0.6 is 24.0 Å². The van der Waals surface area contributed by atoms with Crippen LogP contribution in [0.25, 0.3) is 6.08 Å². The summed E-state index contributed by atoms with van der Waals surface area (Å²) in [6.45, 7) is 3.63. The maximum atomic E-state index is 13.0. The number of amides is 1. The summed E-state index contributed by atoms with van der Waals surface area (Å²) in [6.07, 6.45) is 4.87. The summed E-state index contributed by atoms with van der Waals surface area (Å²) in [5.41, 5.74) is 1.93. The zero-order valence-corrected chi connectivity index (χ0v) is 19.2. The van der Waals surface area contributed by atoms with Gasteiger partial charge in [0.05, 0.1) is 11.5 Å². The van der Waals surface area contributed by atoms with Crippen molar-refractivity contribution < 1.29 is 19.1 Å². The van der Waals surface area contributed by atoms with Gasteiger partial charge in [-0.05, 0) is 31.1 Å². The first-order valence-electron chi connectivity index (χ1n) is 9.89. The van der Waals surface area contributed by atoms with Crippen LogP contribution in [-0.4, -0.2) is 33.5 Å². The van der Waals surface area contributed by atoms with E-state index >= 15 is 0 Å². The number of nitrogens with zero attached hydrogens (tertiary/aromatic N) is 1. The van der Waals surface area contributed by atoms with Gasteiger partial charge in [0.2, 0.25) is 5.78 Å². The molecule has 0 N–H and O–H groups in total. The minimum Gasteiger partial charge on any atom is -0.462 e. The Hall–Kier alpha value is -3.29. The molecule has 0 bridgehead atoms. The number of esters is 1. The van der Waals surface area contributed by atoms with E-state index in [1.807, 2.05) is 43.3 Å². The first-order chi connectivity index (χ1) is 15.4. The normalized spacial score (nSPS) is 15.9. The molecule has 2 aromatic carbocycles. The number of benzene rings is 2. The minimum absolute atomic E-state index is 0.0972. The zero-order valence-electron chi connectivity index (χ0n) is 17.6. The molecule has 0 aliphatic carbocycles. The average Bonchev–Trinajstić information content (AvgIpc) is 3.05. The molecule has 1 saturated heterocycles. The van der Waals surface area contributed by atoms with Crippen LogP contribution < -0.4 is 0 Å². The number of hydrogen-bond donors (Lipinski definition) is 0. The Bertz CT molecular complexity index is 1140. The summed E-state index contributed by atoms with van der Waals surface area (Å²) in [4.78, 5) is 40.0. The summed E-state index contributed by atoms with van der Waals surface area (Å²) >= 11 is 6.47. The van der Waals surface area contributed by atoms with Crippen molar-refractivity contribution in [3.05, 3.63) is 100 Å². The van der Waals surface area contributed by atoms with Gasteiger partial charge in [0.15, 0.2) is 4.32 Å². The molecule has 5 nitrogen and oxygen atoms in total. The number of thiocarbonyl (C=S) groups is 1. The summed E-state index contributed by atoms with van der Waals surface area (Å²) in [5, 5.41) is 0. The number of ketones is 1. The number of rotatable bonds is 7. The molecule has 1 aliphatic rings. The number of hydrogen-bond acceptors (Lipinski definition) is 6. The molecule has 1 amide bonds. The Morgan fingerprint density at radius 3 is 2.31 bits per heavy atom. The second kappa shape index (κ2) is 10.8. The van der Waals surface area contributed by atoms with E-state index in [-0.39, 0.29) is 16.5 Å². The van der Waals surface area contributed by atoms with Gasteiger partial charge in [-0.1, -0.05) is 90.7 Å². The second-order valence-electron chi connectivity index (χ2n) is 6.81. The van der Waals surface area contributed by atoms with Crippen LogP contribution in [0.3, 0.4) is 0 Å². The molecule has 1 fully saturated rings. The first kappa shape index (κ1) is 23.4. The summed E-state index contributed by atoms with van der Waals surface area (Å²) in [7, 11) is 0. The van der Waals surface area contributed by atoms with E-state index in [9.17, 15) is 14.4 Å². The fourth-order valence-electron chi connectivity index (χ4n) is 2.94. The van der Waals surface area contributed by atoms with E-state index in [1.54, 1.807) is 43.3 Å². The third kappa shape index (κ3) is 5.69. The Morgan fingerprint density at radius 1 is 1.06 bits per heavy atom. The number of carbonyl (C=O) groups excluding carboxylic acids is 3. The fraction of sp³-hybridized carbons (Fsp3) is 0.120. The third-order valence-electron chi connectivity index (χ3n) is 4.41. The van der Waals surface area contributed by atoms with Gasteiger partial charge in [0, 0.05) is 11.8 Å². The van der Waals surface area contributed by atoms with E-state index in [4.69, 9.17) is 17.0 Å². The van der Waals surface area contributed by atoms with Gasteiger partial charge in [-0.3, -0.25) is 14.5 Å². The molecule has 0 unspecified atom stereocenters. The average molecular weight is 464 g/mol. The van der Waals surface area contributed by atoms with Gasteiger partial charge in [0.1, 0.15) is 5.57 Å². The maximum Gasteiger partial charge on any atom is 0.343 e. The lowest BCUT2D eigenvalue weighted by Crippen LogP contribution is -2.26. The molecule has 7 heteroatoms. The van der Waals surface area contributed by atoms with Crippen molar-refractivity contribution in [1.29, 1.82) is 0 Å². The monoisotopic (exact) mass is 463 g/mol. The molecule has 1 aliphatic heterocycles. The lowest BCUT2D eigenvalue weighted by molar-refractivity contribution is -0.138. The zero-order chi connectivity index (χ0) is 23.1. The smallest absolute Gasteiger partial charge is 0.343 e. The van der Waals surface area contributed by atoms with Crippen molar-refractivity contribution in [2.75, 3.05) is 6.61 Å². The van der Waals surface area contributed by atoms with Crippen molar-refractivity contribution in [2.45, 2.75) is 13.8 Å². The van der Waals surface area contributed by atoms with Crippen molar-refractivity contribution in [3.63, 3.8) is 0 Å². The third-order valence-corrected chi connectivity index (χ3v) is 5.74. The highest BCUT2D eigenvalue weighted by Crippen LogP contribution is 2.33. The number of ether oxygens (including phenoxy) is 1. The highest BCUT2D eigenvalue weighted by atomic mass is 32.2. The molecule has 0 saturated carbocycles. The fourth-order valence-corrected chi connectivity index (χ4v) is 4.20. The first-order valence-corrected chi connectivity index (χ1v) is 11.1. The number of Topliss-reactive ketones (excluding diaryl/α,β-unsaturated/α-hetero) is 1. The molecule has 0 spiro atoms. The molecule has 1 heterocycles. The molecular weight excluding hydrogens is 442 g/mol. The number of thioether (sulfide) groups is 1. The number of allylic oxidation sites excluding steroid dienone is 2. The van der Waals surface area contributed by atoms with Crippen molar-refractivity contribution >= 4 is 52.0 Å². The summed E-state index contributed by atoms with van der Waals surface area (Å²) in [6, 6.07) is 18.1. The van der Waals surface area contributed by atoms with Crippen LogP contribution in [0, 0.1) is 0 Å². The van der Waals surface area contributed by atoms with E-state index in [0.717, 1.165) is 27.8 Å². The van der Waals surface area contributed by atoms with Crippen LogP contribution in [-0.2, 0) is 14.3 Å². The van der Waals surface area contributed by atoms with Gasteiger partial charge in [-0.15, -0.1) is 0 Å². The van der Waals surface area contributed by atoms with E-state index in [0.29, 0.717) is 10.5 Å². The predicted molar refractivity (Wildman–Crippen MR) is 131 cm³/mol. The Kier molecular flexibility index (Phi) is 7.92. The number of carbonyl (C=O) groups is 3. The molecule has 3 rings (SSSR count). The molecule has 2 aromatic rings. The van der Waals surface area contributed by atoms with Gasteiger partial charge in [-0.25, -0.2) is 4.79 Å². The highest BCUT2D eigenvalue weighted by molar-refractivity contribution is 8.26. The Balaban J connectivity index is 1.91. The SMILES string of the molecule is CCOC(=O)/C(=C/N1C(=O)/C(=C/C(C)=C\c2ccccc2)SC1=S)C(=O)c1ccccc1. The lowest BCUT2D eigenvalue weighted by atomic mass is 10.0. The van der Waals surface area contributed by atoms with Crippen molar-refractivity contribution in [3.8, 4) is 0 Å². The topological polar surface area (TPSA) is 63.7 Å². The minimum atomic E-state index is -0.806. The van der Waals surface area contributed by atoms with Crippen LogP contribution in [0.2, 0.25) is 0 Å². The second-order valence-corrected chi connectivity index (χ2v) is 8.48. The van der Waals surface area contributed by atoms with Crippen molar-refractivity contribution in [2.24, 2.45) is 0 Å². The molecular formula is C25H21NO4S2. The molecule has 0 radical (unpaired) electrons. The van der Waals surface area contributed by atoms with Gasteiger partial charge in [-0.2, -0.15) is 0 Å². The molecule has 162 valence electrons. The predicted octanol–water partition coefficient (Wildman–Crippen LogP) is 5.16. The lowest BCUT2D eigenvalue weighted by Gasteiger charge is -2.12. The quantitative estimate of drug-likeness (QED) is 0.141. The van der Waals surface area contributed by atoms with Gasteiger partial charge in [0.25, 0.3) is 5.91 Å². The molecule has 32 heavy (non-hydrogen) atoms. The van der Waals surface area contributed by atoms with E-state index < -0.39 is 17.7 Å². The maximum absolute atomic E-state index is 13.0. The van der Waals surface area contributed by atoms with Crippen LogP contribution in [0.4, 0.5) is 0 Å². The van der Waals surface area contributed by atoms with Crippen molar-refractivity contribution in [1.82, 2.24) is 4.90 Å². The van der Waals surface area contributed by atoms with Crippen LogP contribution in [0.5, 0.6) is 0 Å². The van der Waals surface area contributed by atoms with E-state index in [2.05, 4.69) is 0 Å². The highest BCUT2D eigenvalue weighted by Gasteiger charge is 2.33. The molecule has 0 aromatic heterocycles.